The first-order valence-electron chi connectivity index (χ1n) is 20.8. The number of ether oxygens (including phenoxy) is 6. The van der Waals surface area contributed by atoms with Crippen LogP contribution in [0.25, 0.3) is 0 Å². The van der Waals surface area contributed by atoms with Crippen LogP contribution in [0.3, 0.4) is 0 Å². The number of nitrogens with zero attached hydrogens (tertiary/aromatic N) is 2. The van der Waals surface area contributed by atoms with Gasteiger partial charge in [0, 0.05) is 36.3 Å². The number of aliphatic hydroxyl groups is 2. The smallest absolute Gasteiger partial charge is 0.165 e. The van der Waals surface area contributed by atoms with Crippen molar-refractivity contribution in [1.29, 1.82) is 0 Å². The molecule has 8 aliphatic rings. The zero-order valence-electron chi connectivity index (χ0n) is 32.2. The van der Waals surface area contributed by atoms with E-state index in [9.17, 15) is 20.4 Å². The number of phenols is 2. The zero-order valence-corrected chi connectivity index (χ0v) is 32.2. The summed E-state index contributed by atoms with van der Waals surface area (Å²) in [5, 5.41) is 46.8. The van der Waals surface area contributed by atoms with E-state index >= 15 is 0 Å². The summed E-state index contributed by atoms with van der Waals surface area (Å²) < 4.78 is 37.8. The van der Waals surface area contributed by atoms with Gasteiger partial charge in [0.15, 0.2) is 23.0 Å². The Kier molecular flexibility index (Phi) is 9.07. The number of hydrogen-bond acceptors (Lipinski definition) is 12. The molecular weight excluding hydrogens is 716 g/mol. The lowest BCUT2D eigenvalue weighted by Crippen LogP contribution is -2.77. The van der Waals surface area contributed by atoms with Crippen molar-refractivity contribution in [2.24, 2.45) is 0 Å². The van der Waals surface area contributed by atoms with Crippen LogP contribution >= 0.6 is 0 Å². The van der Waals surface area contributed by atoms with E-state index in [2.05, 4.69) is 23.0 Å². The average molecular weight is 773 g/mol. The molecule has 2 spiro atoms. The van der Waals surface area contributed by atoms with E-state index in [1.807, 2.05) is 24.3 Å². The van der Waals surface area contributed by atoms with E-state index in [1.54, 1.807) is 12.1 Å². The maximum Gasteiger partial charge on any atom is 0.165 e. The van der Waals surface area contributed by atoms with Crippen molar-refractivity contribution >= 4 is 0 Å². The van der Waals surface area contributed by atoms with E-state index in [0.717, 1.165) is 74.1 Å². The quantitative estimate of drug-likeness (QED) is 0.156. The molecule has 12 nitrogen and oxygen atoms in total. The number of rotatable bonds is 15. The van der Waals surface area contributed by atoms with E-state index in [0.29, 0.717) is 76.8 Å². The number of phenolic OH excluding ortho intramolecular Hbond substituents is 2. The van der Waals surface area contributed by atoms with Crippen LogP contribution in [-0.4, -0.2) is 144 Å². The monoisotopic (exact) mass is 772 g/mol. The second-order valence-corrected chi connectivity index (χ2v) is 17.4. The van der Waals surface area contributed by atoms with Crippen molar-refractivity contribution in [2.45, 2.75) is 110 Å². The second-order valence-electron chi connectivity index (χ2n) is 17.4. The highest BCUT2D eigenvalue weighted by molar-refractivity contribution is 5.64. The molecule has 0 radical (unpaired) electrons. The molecule has 10 rings (SSSR count). The van der Waals surface area contributed by atoms with E-state index in [1.165, 1.54) is 0 Å². The lowest BCUT2D eigenvalue weighted by Gasteiger charge is -2.64. The fourth-order valence-corrected chi connectivity index (χ4v) is 13.1. The van der Waals surface area contributed by atoms with Gasteiger partial charge in [-0.05, 0) is 87.7 Å². The molecule has 2 saturated heterocycles. The van der Waals surface area contributed by atoms with Crippen LogP contribution in [-0.2, 0) is 42.6 Å². The Hall–Kier alpha value is -3.20. The third-order valence-electron chi connectivity index (χ3n) is 15.3. The first-order chi connectivity index (χ1) is 27.2. The Morgan fingerprint density at radius 1 is 0.643 bits per heavy atom. The van der Waals surface area contributed by atoms with Gasteiger partial charge < -0.3 is 48.8 Å². The summed E-state index contributed by atoms with van der Waals surface area (Å²) in [6, 6.07) is 7.34. The highest BCUT2D eigenvalue weighted by Gasteiger charge is 2.74. The molecule has 2 aromatic rings. The van der Waals surface area contributed by atoms with Crippen LogP contribution in [0.2, 0.25) is 0 Å². The molecule has 10 atom stereocenters. The van der Waals surface area contributed by atoms with Gasteiger partial charge in [0.2, 0.25) is 0 Å². The fourth-order valence-electron chi connectivity index (χ4n) is 13.1. The Balaban J connectivity index is 0.706. The maximum atomic E-state index is 12.5. The molecule has 12 heteroatoms. The largest absolute Gasteiger partial charge is 0.504 e. The van der Waals surface area contributed by atoms with Gasteiger partial charge in [-0.25, -0.2) is 0 Å². The third-order valence-corrected chi connectivity index (χ3v) is 15.3. The average Bonchev–Trinajstić information content (AvgIpc) is 3.73. The van der Waals surface area contributed by atoms with Gasteiger partial charge in [0.1, 0.15) is 12.2 Å². The zero-order chi connectivity index (χ0) is 38.5. The van der Waals surface area contributed by atoms with Crippen LogP contribution < -0.4 is 9.47 Å². The molecule has 4 aliphatic heterocycles. The van der Waals surface area contributed by atoms with Crippen molar-refractivity contribution in [3.8, 4) is 23.0 Å². The van der Waals surface area contributed by atoms with Gasteiger partial charge in [0.25, 0.3) is 0 Å². The lowest BCUT2D eigenvalue weighted by molar-refractivity contribution is -0.215. The minimum Gasteiger partial charge on any atom is -0.504 e. The van der Waals surface area contributed by atoms with Crippen LogP contribution in [0.5, 0.6) is 23.0 Å². The number of likely N-dealkylation sites (tertiary alicyclic amines) is 2. The second kappa shape index (κ2) is 13.7. The molecule has 302 valence electrons. The van der Waals surface area contributed by atoms with Crippen molar-refractivity contribution < 1.29 is 48.8 Å². The van der Waals surface area contributed by atoms with Crippen molar-refractivity contribution in [3.05, 3.63) is 71.8 Å². The third kappa shape index (κ3) is 4.93. The molecule has 56 heavy (non-hydrogen) atoms. The van der Waals surface area contributed by atoms with Gasteiger partial charge in [-0.1, -0.05) is 24.3 Å². The molecule has 4 heterocycles. The van der Waals surface area contributed by atoms with Gasteiger partial charge in [-0.15, -0.1) is 13.2 Å². The summed E-state index contributed by atoms with van der Waals surface area (Å²) in [5.41, 5.74) is 1.03. The number of benzene rings is 2. The van der Waals surface area contributed by atoms with E-state index < -0.39 is 22.0 Å². The summed E-state index contributed by atoms with van der Waals surface area (Å²) >= 11 is 0. The van der Waals surface area contributed by atoms with E-state index in [4.69, 9.17) is 28.4 Å². The Morgan fingerprint density at radius 2 is 1.07 bits per heavy atom. The molecule has 4 fully saturated rings. The van der Waals surface area contributed by atoms with Crippen molar-refractivity contribution in [2.75, 3.05) is 65.8 Å². The van der Waals surface area contributed by atoms with Crippen LogP contribution in [0.1, 0.15) is 60.8 Å². The van der Waals surface area contributed by atoms with Gasteiger partial charge in [-0.2, -0.15) is 0 Å². The highest BCUT2D eigenvalue weighted by atomic mass is 16.6. The van der Waals surface area contributed by atoms with Crippen molar-refractivity contribution in [1.82, 2.24) is 9.80 Å². The van der Waals surface area contributed by atoms with Crippen LogP contribution in [0, 0.1) is 0 Å². The first-order valence-corrected chi connectivity index (χ1v) is 20.8. The standard InChI is InChI=1S/C44H56N2O10/c1-3-15-45-17-13-41-35-27-5-7-29(47)37(35)55-39(41)31(9-11-43(41,49)33(45)25-27)53-23-21-51-19-20-52-22-24-54-32-10-12-44(50)34-26-28-6-8-30(48)38-36(28)42(44,40(32)56-38)14-18-46(34)16-4-2/h3-8,31-34,39-40,47-50H,1-2,9-26H2/t31?,32?,33?,34?,39-,40?,41-,42-,43+,44+/m0/s1. The molecular formula is C44H56N2O10. The van der Waals surface area contributed by atoms with Gasteiger partial charge in [0.05, 0.1) is 73.9 Å². The maximum absolute atomic E-state index is 12.5. The Morgan fingerprint density at radius 3 is 1.50 bits per heavy atom. The molecule has 0 amide bonds. The molecule has 4 aliphatic carbocycles. The van der Waals surface area contributed by atoms with Crippen LogP contribution in [0.4, 0.5) is 0 Å². The first kappa shape index (κ1) is 37.1. The Labute approximate surface area is 328 Å². The molecule has 2 saturated carbocycles. The lowest BCUT2D eigenvalue weighted by atomic mass is 9.48. The summed E-state index contributed by atoms with van der Waals surface area (Å²) in [6.45, 7) is 13.4. The predicted octanol–water partition coefficient (Wildman–Crippen LogP) is 3.28. The number of piperidine rings is 2. The number of hydrogen-bond donors (Lipinski definition) is 4. The minimum atomic E-state index is -0.980. The highest BCUT2D eigenvalue weighted by Crippen LogP contribution is 2.67. The van der Waals surface area contributed by atoms with Gasteiger partial charge >= 0.3 is 0 Å². The Bertz CT molecular complexity index is 1760. The molecule has 0 aromatic heterocycles. The van der Waals surface area contributed by atoms with Crippen molar-refractivity contribution in [3.63, 3.8) is 0 Å². The summed E-state index contributed by atoms with van der Waals surface area (Å²) in [4.78, 5) is 4.70. The summed E-state index contributed by atoms with van der Waals surface area (Å²) in [7, 11) is 0. The minimum absolute atomic E-state index is 0.0447. The predicted molar refractivity (Wildman–Crippen MR) is 206 cm³/mol. The summed E-state index contributed by atoms with van der Waals surface area (Å²) in [6.07, 6.45) is 7.97. The topological polar surface area (TPSA) is 143 Å². The fraction of sp³-hybridized carbons (Fsp3) is 0.636. The van der Waals surface area contributed by atoms with Gasteiger partial charge in [-0.3, -0.25) is 9.80 Å². The number of aromatic hydroxyl groups is 2. The normalized spacial score (nSPS) is 38.3. The van der Waals surface area contributed by atoms with E-state index in [-0.39, 0.29) is 48.0 Å². The summed E-state index contributed by atoms with van der Waals surface area (Å²) in [5.74, 6) is 1.28. The van der Waals surface area contributed by atoms with Crippen LogP contribution in [0.15, 0.2) is 49.6 Å². The molecule has 4 N–H and O–H groups in total. The molecule has 5 unspecified atom stereocenters. The SMILES string of the molecule is C=CCN1CC[C@]23c4c5ccc(O)c4OC2C(OCCOCCOCCOC2CC[C@@]4(O)C6Cc7ccc(O)c8c7[C@@]4(CCN6CC=C)[C@H]2O8)CC[C@@]3(O)C1C5. The molecule has 2 aromatic carbocycles. The molecule has 4 bridgehead atoms.